The van der Waals surface area contributed by atoms with E-state index in [1.165, 1.54) is 6.07 Å². The molecule has 0 atom stereocenters. The second kappa shape index (κ2) is 4.58. The second-order valence-corrected chi connectivity index (χ2v) is 4.35. The molecule has 1 aromatic heterocycles. The Morgan fingerprint density at radius 2 is 2.24 bits per heavy atom. The number of carboxylic acids is 1. The van der Waals surface area contributed by atoms with Gasteiger partial charge in [-0.05, 0) is 25.1 Å². The molecule has 1 heterocycles. The topological polar surface area (TPSA) is 75.2 Å². The Labute approximate surface area is 106 Å². The van der Waals surface area contributed by atoms with E-state index in [1.54, 1.807) is 18.2 Å². The number of aryl methyl sites for hydroxylation is 1. The molecule has 0 aliphatic rings. The molecule has 2 N–H and O–H groups in total. The van der Waals surface area contributed by atoms with Gasteiger partial charge in [-0.15, -0.1) is 5.10 Å². The normalized spacial score (nSPS) is 10.2. The number of nitrogens with one attached hydrogen (secondary N) is 1. The Morgan fingerprint density at radius 3 is 2.82 bits per heavy atom. The van der Waals surface area contributed by atoms with Gasteiger partial charge in [0.25, 0.3) is 0 Å². The van der Waals surface area contributed by atoms with Crippen molar-refractivity contribution in [2.45, 2.75) is 6.92 Å². The molecule has 17 heavy (non-hydrogen) atoms. The van der Waals surface area contributed by atoms with E-state index >= 15 is 0 Å². The van der Waals surface area contributed by atoms with Crippen LogP contribution in [0.4, 0.5) is 0 Å². The van der Waals surface area contributed by atoms with Crippen LogP contribution < -0.4 is 4.74 Å². The van der Waals surface area contributed by atoms with Crippen LogP contribution in [0.25, 0.3) is 0 Å². The number of hydrogen-bond acceptors (Lipinski definition) is 3. The summed E-state index contributed by atoms with van der Waals surface area (Å²) in [6, 6.07) is 6.40. The summed E-state index contributed by atoms with van der Waals surface area (Å²) in [5, 5.41) is 15.6. The number of aromatic nitrogens is 2. The highest BCUT2D eigenvalue weighted by molar-refractivity contribution is 9.10. The molecule has 0 saturated carbocycles. The molecule has 0 amide bonds. The van der Waals surface area contributed by atoms with Crippen molar-refractivity contribution in [2.24, 2.45) is 0 Å². The van der Waals surface area contributed by atoms with Gasteiger partial charge in [0.2, 0.25) is 5.88 Å². The minimum atomic E-state index is -1.04. The van der Waals surface area contributed by atoms with Crippen LogP contribution in [0.15, 0.2) is 28.7 Å². The number of halogens is 1. The minimum absolute atomic E-state index is 0.0915. The summed E-state index contributed by atoms with van der Waals surface area (Å²) in [5.41, 5.74) is 0.931. The lowest BCUT2D eigenvalue weighted by atomic mass is 10.2. The van der Waals surface area contributed by atoms with Gasteiger partial charge >= 0.3 is 5.97 Å². The van der Waals surface area contributed by atoms with E-state index in [1.807, 2.05) is 6.92 Å². The summed E-state index contributed by atoms with van der Waals surface area (Å²) >= 11 is 3.26. The minimum Gasteiger partial charge on any atom is -0.478 e. The summed E-state index contributed by atoms with van der Waals surface area (Å²) in [6.45, 7) is 1.83. The number of nitrogens with zero attached hydrogens (tertiary/aromatic N) is 1. The van der Waals surface area contributed by atoms with Gasteiger partial charge in [-0.3, -0.25) is 5.10 Å². The maximum atomic E-state index is 11.0. The Morgan fingerprint density at radius 1 is 1.47 bits per heavy atom. The third-order valence-corrected chi connectivity index (χ3v) is 2.56. The number of rotatable bonds is 3. The zero-order chi connectivity index (χ0) is 12.4. The van der Waals surface area contributed by atoms with Crippen LogP contribution in [0, 0.1) is 6.92 Å². The fourth-order valence-corrected chi connectivity index (χ4v) is 1.66. The predicted molar refractivity (Wildman–Crippen MR) is 64.5 cm³/mol. The first-order valence-electron chi connectivity index (χ1n) is 4.79. The lowest BCUT2D eigenvalue weighted by Crippen LogP contribution is -2.00. The average molecular weight is 297 g/mol. The quantitative estimate of drug-likeness (QED) is 0.913. The molecule has 0 spiro atoms. The van der Waals surface area contributed by atoms with E-state index in [2.05, 4.69) is 26.1 Å². The van der Waals surface area contributed by atoms with E-state index < -0.39 is 5.97 Å². The predicted octanol–water partition coefficient (Wildman–Crippen LogP) is 2.97. The first-order chi connectivity index (χ1) is 8.06. The highest BCUT2D eigenvalue weighted by Gasteiger charge is 2.13. The van der Waals surface area contributed by atoms with Crippen molar-refractivity contribution in [1.29, 1.82) is 0 Å². The summed E-state index contributed by atoms with van der Waals surface area (Å²) in [7, 11) is 0. The van der Waals surface area contributed by atoms with Crippen molar-refractivity contribution >= 4 is 21.9 Å². The highest BCUT2D eigenvalue weighted by atomic mass is 79.9. The fraction of sp³-hybridized carbons (Fsp3) is 0.0909. The first kappa shape index (κ1) is 11.7. The lowest BCUT2D eigenvalue weighted by Gasteiger charge is -2.06. The third kappa shape index (κ3) is 2.65. The van der Waals surface area contributed by atoms with Crippen molar-refractivity contribution in [3.63, 3.8) is 0 Å². The third-order valence-electron chi connectivity index (χ3n) is 2.07. The van der Waals surface area contributed by atoms with Crippen LogP contribution >= 0.6 is 15.9 Å². The van der Waals surface area contributed by atoms with Crippen LogP contribution in [0.2, 0.25) is 0 Å². The summed E-state index contributed by atoms with van der Waals surface area (Å²) in [6.07, 6.45) is 0. The molecular formula is C11H9BrN2O3. The van der Waals surface area contributed by atoms with E-state index in [0.717, 1.165) is 10.2 Å². The zero-order valence-electron chi connectivity index (χ0n) is 8.90. The van der Waals surface area contributed by atoms with Crippen LogP contribution in [-0.4, -0.2) is 21.3 Å². The first-order valence-corrected chi connectivity index (χ1v) is 5.58. The zero-order valence-corrected chi connectivity index (χ0v) is 10.5. The van der Waals surface area contributed by atoms with Crippen molar-refractivity contribution in [1.82, 2.24) is 10.2 Å². The molecule has 0 aliphatic heterocycles. The molecule has 2 aromatic rings. The van der Waals surface area contributed by atoms with Crippen molar-refractivity contribution in [3.8, 4) is 11.6 Å². The average Bonchev–Trinajstić information content (AvgIpc) is 2.63. The summed E-state index contributed by atoms with van der Waals surface area (Å²) < 4.78 is 6.16. The monoisotopic (exact) mass is 296 g/mol. The standard InChI is InChI=1S/C11H9BrN2O3/c1-6-4-10(14-13-6)17-9-5-7(12)2-3-8(9)11(15)16/h2-5H,1H3,(H,13,14)(H,15,16). The highest BCUT2D eigenvalue weighted by Crippen LogP contribution is 2.27. The molecule has 5 nitrogen and oxygen atoms in total. The maximum Gasteiger partial charge on any atom is 0.339 e. The number of aromatic carboxylic acids is 1. The summed E-state index contributed by atoms with van der Waals surface area (Å²) in [4.78, 5) is 11.0. The molecule has 1 aromatic carbocycles. The van der Waals surface area contributed by atoms with E-state index in [9.17, 15) is 4.79 Å². The smallest absolute Gasteiger partial charge is 0.339 e. The number of carbonyl (C=O) groups is 1. The Balaban J connectivity index is 2.37. The van der Waals surface area contributed by atoms with Crippen LogP contribution in [0.1, 0.15) is 16.1 Å². The molecule has 0 bridgehead atoms. The second-order valence-electron chi connectivity index (χ2n) is 3.44. The molecule has 0 unspecified atom stereocenters. The maximum absolute atomic E-state index is 11.0. The molecule has 88 valence electrons. The van der Waals surface area contributed by atoms with Gasteiger partial charge in [0, 0.05) is 16.2 Å². The number of ether oxygens (including phenoxy) is 1. The van der Waals surface area contributed by atoms with E-state index in [-0.39, 0.29) is 11.3 Å². The number of hydrogen-bond donors (Lipinski definition) is 2. The fourth-order valence-electron chi connectivity index (χ4n) is 1.32. The Kier molecular flexibility index (Phi) is 3.14. The molecule has 2 rings (SSSR count). The van der Waals surface area contributed by atoms with Crippen LogP contribution in [0.5, 0.6) is 11.6 Å². The number of benzene rings is 1. The molecular weight excluding hydrogens is 288 g/mol. The van der Waals surface area contributed by atoms with Crippen molar-refractivity contribution in [3.05, 3.63) is 40.0 Å². The van der Waals surface area contributed by atoms with Gasteiger partial charge in [0.15, 0.2) is 0 Å². The number of carboxylic acid groups (broad SMARTS) is 1. The molecule has 0 saturated heterocycles. The number of H-pyrrole nitrogens is 1. The van der Waals surface area contributed by atoms with Crippen molar-refractivity contribution in [2.75, 3.05) is 0 Å². The van der Waals surface area contributed by atoms with Crippen LogP contribution in [0.3, 0.4) is 0 Å². The Bertz CT molecular complexity index is 566. The number of aromatic amines is 1. The molecule has 0 radical (unpaired) electrons. The van der Waals surface area contributed by atoms with Gasteiger partial charge in [-0.25, -0.2) is 4.79 Å². The Hall–Kier alpha value is -1.82. The van der Waals surface area contributed by atoms with Gasteiger partial charge in [0.05, 0.1) is 0 Å². The van der Waals surface area contributed by atoms with Gasteiger partial charge in [0.1, 0.15) is 11.3 Å². The van der Waals surface area contributed by atoms with Crippen molar-refractivity contribution < 1.29 is 14.6 Å². The largest absolute Gasteiger partial charge is 0.478 e. The molecule has 0 aliphatic carbocycles. The van der Waals surface area contributed by atoms with Gasteiger partial charge in [-0.2, -0.15) is 0 Å². The SMILES string of the molecule is Cc1cc(Oc2cc(Br)ccc2C(=O)O)n[nH]1. The van der Waals surface area contributed by atoms with Gasteiger partial charge < -0.3 is 9.84 Å². The van der Waals surface area contributed by atoms with Gasteiger partial charge in [-0.1, -0.05) is 15.9 Å². The van der Waals surface area contributed by atoms with E-state index in [4.69, 9.17) is 9.84 Å². The van der Waals surface area contributed by atoms with E-state index in [0.29, 0.717) is 5.88 Å². The lowest BCUT2D eigenvalue weighted by molar-refractivity contribution is 0.0694. The van der Waals surface area contributed by atoms with Crippen LogP contribution in [-0.2, 0) is 0 Å². The molecule has 6 heteroatoms. The molecule has 0 fully saturated rings. The summed E-state index contributed by atoms with van der Waals surface area (Å²) in [5.74, 6) is -0.457.